The van der Waals surface area contributed by atoms with Crippen LogP contribution in [0.2, 0.25) is 0 Å². The second-order valence-electron chi connectivity index (χ2n) is 4.47. The molecule has 0 bridgehead atoms. The fraction of sp³-hybridized carbons (Fsp3) is 0.200. The highest BCUT2D eigenvalue weighted by Gasteiger charge is 2.01. The molecule has 1 N–H and O–H groups in total. The van der Waals surface area contributed by atoms with E-state index in [-0.39, 0.29) is 0 Å². The maximum atomic E-state index is 3.60. The van der Waals surface area contributed by atoms with Crippen LogP contribution < -0.4 is 5.32 Å². The summed E-state index contributed by atoms with van der Waals surface area (Å²) in [7, 11) is 0. The number of hydrogen-bond donors (Lipinski definition) is 1. The van der Waals surface area contributed by atoms with Crippen LogP contribution in [0.4, 0.5) is 5.69 Å². The SMILES string of the molecule is Cc1cc(Br)cc(NCc2ccc(C)cc2Br)c1. The number of benzene rings is 2. The summed E-state index contributed by atoms with van der Waals surface area (Å²) in [6.45, 7) is 5.01. The average Bonchev–Trinajstić information content (AvgIpc) is 2.26. The van der Waals surface area contributed by atoms with E-state index in [1.165, 1.54) is 16.7 Å². The molecule has 2 rings (SSSR count). The van der Waals surface area contributed by atoms with Gasteiger partial charge < -0.3 is 5.32 Å². The Labute approximate surface area is 125 Å². The summed E-state index contributed by atoms with van der Waals surface area (Å²) in [5, 5.41) is 3.44. The van der Waals surface area contributed by atoms with Crippen molar-refractivity contribution < 1.29 is 0 Å². The minimum Gasteiger partial charge on any atom is -0.381 e. The molecular weight excluding hydrogens is 354 g/mol. The van der Waals surface area contributed by atoms with Crippen LogP contribution in [0.5, 0.6) is 0 Å². The van der Waals surface area contributed by atoms with Gasteiger partial charge in [-0.2, -0.15) is 0 Å². The van der Waals surface area contributed by atoms with Gasteiger partial charge in [-0.15, -0.1) is 0 Å². The molecule has 3 heteroatoms. The first-order valence-corrected chi connectivity index (χ1v) is 7.39. The van der Waals surface area contributed by atoms with E-state index in [9.17, 15) is 0 Å². The Hall–Kier alpha value is -0.800. The van der Waals surface area contributed by atoms with Crippen molar-refractivity contribution in [1.82, 2.24) is 0 Å². The van der Waals surface area contributed by atoms with Crippen LogP contribution in [0.15, 0.2) is 45.3 Å². The summed E-state index contributed by atoms with van der Waals surface area (Å²) in [6.07, 6.45) is 0. The van der Waals surface area contributed by atoms with E-state index in [0.717, 1.165) is 21.2 Å². The summed E-state index contributed by atoms with van der Waals surface area (Å²) >= 11 is 7.11. The zero-order chi connectivity index (χ0) is 13.1. The third-order valence-electron chi connectivity index (χ3n) is 2.73. The molecule has 2 aromatic rings. The van der Waals surface area contributed by atoms with Crippen molar-refractivity contribution in [2.45, 2.75) is 20.4 Å². The molecule has 1 nitrogen and oxygen atoms in total. The Bertz CT molecular complexity index is 544. The number of hydrogen-bond acceptors (Lipinski definition) is 1. The van der Waals surface area contributed by atoms with Crippen LogP contribution >= 0.6 is 31.9 Å². The van der Waals surface area contributed by atoms with Gasteiger partial charge in [0.25, 0.3) is 0 Å². The Morgan fingerprint density at radius 2 is 1.72 bits per heavy atom. The third-order valence-corrected chi connectivity index (χ3v) is 3.93. The van der Waals surface area contributed by atoms with Crippen LogP contribution in [0.1, 0.15) is 16.7 Å². The average molecular weight is 369 g/mol. The Morgan fingerprint density at radius 3 is 2.39 bits per heavy atom. The fourth-order valence-electron chi connectivity index (χ4n) is 1.83. The van der Waals surface area contributed by atoms with Gasteiger partial charge in [0.05, 0.1) is 0 Å². The van der Waals surface area contributed by atoms with Gasteiger partial charge in [-0.3, -0.25) is 0 Å². The van der Waals surface area contributed by atoms with Crippen LogP contribution in [0, 0.1) is 13.8 Å². The zero-order valence-corrected chi connectivity index (χ0v) is 13.6. The molecule has 0 spiro atoms. The van der Waals surface area contributed by atoms with Gasteiger partial charge in [0.2, 0.25) is 0 Å². The van der Waals surface area contributed by atoms with Crippen LogP contribution in [0.25, 0.3) is 0 Å². The maximum Gasteiger partial charge on any atom is 0.0411 e. The minimum absolute atomic E-state index is 0.816. The van der Waals surface area contributed by atoms with Gasteiger partial charge in [-0.1, -0.05) is 44.0 Å². The van der Waals surface area contributed by atoms with E-state index in [1.807, 2.05) is 0 Å². The van der Waals surface area contributed by atoms with Crippen molar-refractivity contribution in [3.63, 3.8) is 0 Å². The summed E-state index contributed by atoms with van der Waals surface area (Å²) in [4.78, 5) is 0. The number of nitrogens with one attached hydrogen (secondary N) is 1. The van der Waals surface area contributed by atoms with E-state index in [2.05, 4.69) is 87.4 Å². The van der Waals surface area contributed by atoms with Gasteiger partial charge in [0.15, 0.2) is 0 Å². The summed E-state index contributed by atoms with van der Waals surface area (Å²) in [5.41, 5.74) is 4.91. The molecule has 0 saturated heterocycles. The molecule has 0 aliphatic heterocycles. The minimum atomic E-state index is 0.816. The molecule has 0 saturated carbocycles. The Balaban J connectivity index is 2.11. The van der Waals surface area contributed by atoms with Crippen LogP contribution in [-0.4, -0.2) is 0 Å². The molecule has 0 aliphatic rings. The molecule has 18 heavy (non-hydrogen) atoms. The summed E-state index contributed by atoms with van der Waals surface area (Å²) in [6, 6.07) is 12.8. The Morgan fingerprint density at radius 1 is 0.944 bits per heavy atom. The van der Waals surface area contributed by atoms with Crippen molar-refractivity contribution in [3.8, 4) is 0 Å². The first kappa shape index (κ1) is 13.6. The van der Waals surface area contributed by atoms with Crippen molar-refractivity contribution in [3.05, 3.63) is 62.0 Å². The van der Waals surface area contributed by atoms with E-state index in [0.29, 0.717) is 0 Å². The van der Waals surface area contributed by atoms with Gasteiger partial charge in [0.1, 0.15) is 0 Å². The number of halogens is 2. The highest BCUT2D eigenvalue weighted by molar-refractivity contribution is 9.10. The number of aryl methyl sites for hydroxylation is 2. The molecule has 0 amide bonds. The Kier molecular flexibility index (Phi) is 4.46. The van der Waals surface area contributed by atoms with E-state index in [4.69, 9.17) is 0 Å². The lowest BCUT2D eigenvalue weighted by Crippen LogP contribution is -2.00. The highest BCUT2D eigenvalue weighted by Crippen LogP contribution is 2.22. The van der Waals surface area contributed by atoms with E-state index < -0.39 is 0 Å². The van der Waals surface area contributed by atoms with Crippen molar-refractivity contribution in [2.24, 2.45) is 0 Å². The lowest BCUT2D eigenvalue weighted by atomic mass is 10.1. The van der Waals surface area contributed by atoms with Gasteiger partial charge in [-0.05, 0) is 54.8 Å². The lowest BCUT2D eigenvalue weighted by molar-refractivity contribution is 1.13. The van der Waals surface area contributed by atoms with E-state index in [1.54, 1.807) is 0 Å². The van der Waals surface area contributed by atoms with Crippen LogP contribution in [0.3, 0.4) is 0 Å². The van der Waals surface area contributed by atoms with Crippen molar-refractivity contribution in [1.29, 1.82) is 0 Å². The van der Waals surface area contributed by atoms with Gasteiger partial charge >= 0.3 is 0 Å². The number of anilines is 1. The molecule has 0 heterocycles. The molecule has 2 aromatic carbocycles. The second kappa shape index (κ2) is 5.89. The van der Waals surface area contributed by atoms with E-state index >= 15 is 0 Å². The molecule has 0 radical (unpaired) electrons. The molecule has 0 aromatic heterocycles. The molecule has 0 aliphatic carbocycles. The van der Waals surface area contributed by atoms with Crippen molar-refractivity contribution in [2.75, 3.05) is 5.32 Å². The first-order valence-electron chi connectivity index (χ1n) is 5.81. The topological polar surface area (TPSA) is 12.0 Å². The molecule has 0 fully saturated rings. The maximum absolute atomic E-state index is 3.60. The van der Waals surface area contributed by atoms with Gasteiger partial charge in [0, 0.05) is 21.2 Å². The van der Waals surface area contributed by atoms with Crippen molar-refractivity contribution >= 4 is 37.5 Å². The number of rotatable bonds is 3. The molecule has 0 atom stereocenters. The van der Waals surface area contributed by atoms with Crippen LogP contribution in [-0.2, 0) is 6.54 Å². The molecular formula is C15H15Br2N. The monoisotopic (exact) mass is 367 g/mol. The predicted molar refractivity (Wildman–Crippen MR) is 85.1 cm³/mol. The standard InChI is InChI=1S/C15H15Br2N/c1-10-3-4-12(15(17)7-10)9-18-14-6-11(2)5-13(16)8-14/h3-8,18H,9H2,1-2H3. The zero-order valence-electron chi connectivity index (χ0n) is 10.4. The predicted octanol–water partition coefficient (Wildman–Crippen LogP) is 5.44. The second-order valence-corrected chi connectivity index (χ2v) is 6.24. The molecule has 94 valence electrons. The first-order chi connectivity index (χ1) is 8.54. The summed E-state index contributed by atoms with van der Waals surface area (Å²) in [5.74, 6) is 0. The third kappa shape index (κ3) is 3.59. The van der Waals surface area contributed by atoms with Gasteiger partial charge in [-0.25, -0.2) is 0 Å². The normalized spacial score (nSPS) is 10.4. The lowest BCUT2D eigenvalue weighted by Gasteiger charge is -2.10. The molecule has 0 unspecified atom stereocenters. The fourth-order valence-corrected chi connectivity index (χ4v) is 3.07. The smallest absolute Gasteiger partial charge is 0.0411 e. The summed E-state index contributed by atoms with van der Waals surface area (Å²) < 4.78 is 2.26. The quantitative estimate of drug-likeness (QED) is 0.760. The highest BCUT2D eigenvalue weighted by atomic mass is 79.9. The largest absolute Gasteiger partial charge is 0.381 e.